The summed E-state index contributed by atoms with van der Waals surface area (Å²) < 4.78 is 10.3. The van der Waals surface area contributed by atoms with Gasteiger partial charge in [-0.3, -0.25) is 0 Å². The Kier molecular flexibility index (Phi) is 5.70. The van der Waals surface area contributed by atoms with Crippen molar-refractivity contribution >= 4 is 0 Å². The molecule has 14 heavy (non-hydrogen) atoms. The lowest BCUT2D eigenvalue weighted by Gasteiger charge is -2.27. The maximum atomic E-state index is 9.24. The van der Waals surface area contributed by atoms with Crippen LogP contribution in [0.2, 0.25) is 0 Å². The minimum absolute atomic E-state index is 0.350. The van der Waals surface area contributed by atoms with Gasteiger partial charge in [0.25, 0.3) is 0 Å². The van der Waals surface area contributed by atoms with Crippen LogP contribution in [0.25, 0.3) is 0 Å². The summed E-state index contributed by atoms with van der Waals surface area (Å²) in [5.41, 5.74) is -0.883. The van der Waals surface area contributed by atoms with E-state index in [1.165, 1.54) is 0 Å². The molecular weight excluding hydrogens is 182 g/mol. The monoisotopic (exact) mass is 201 g/mol. The van der Waals surface area contributed by atoms with Gasteiger partial charge in [0.15, 0.2) is 5.60 Å². The molecule has 0 aromatic heterocycles. The molecule has 0 heterocycles. The van der Waals surface area contributed by atoms with Gasteiger partial charge in [-0.1, -0.05) is 0 Å². The number of ether oxygens (including phenoxy) is 2. The summed E-state index contributed by atoms with van der Waals surface area (Å²) in [6, 6.07) is 2.09. The van der Waals surface area contributed by atoms with E-state index in [1.54, 1.807) is 27.9 Å². The van der Waals surface area contributed by atoms with Gasteiger partial charge in [0.2, 0.25) is 0 Å². The normalized spacial score (nSPS) is 19.4. The highest BCUT2D eigenvalue weighted by molar-refractivity contribution is 4.98. The molecule has 0 aromatic rings. The molecule has 0 amide bonds. The molecule has 0 saturated heterocycles. The van der Waals surface area contributed by atoms with Crippen LogP contribution in [-0.2, 0) is 9.47 Å². The number of nitriles is 1. The second-order valence-electron chi connectivity index (χ2n) is 3.65. The number of methoxy groups -OCH3 is 1. The molecule has 0 bridgehead atoms. The average Bonchev–Trinajstić information content (AvgIpc) is 2.14. The van der Waals surface area contributed by atoms with Crippen molar-refractivity contribution in [2.75, 3.05) is 13.7 Å². The molecule has 0 aromatic carbocycles. The Hall–Kier alpha value is -0.630. The van der Waals surface area contributed by atoms with Crippen molar-refractivity contribution in [2.24, 2.45) is 0 Å². The Bertz CT molecular complexity index is 200. The highest BCUT2D eigenvalue weighted by Crippen LogP contribution is 2.18. The molecule has 0 aliphatic rings. The Morgan fingerprint density at radius 3 is 2.43 bits per heavy atom. The molecule has 0 aliphatic carbocycles. The minimum atomic E-state index is -0.883. The van der Waals surface area contributed by atoms with E-state index < -0.39 is 11.7 Å². The van der Waals surface area contributed by atoms with Crippen LogP contribution >= 0.6 is 0 Å². The van der Waals surface area contributed by atoms with Crippen molar-refractivity contribution < 1.29 is 14.6 Å². The Balaban J connectivity index is 4.19. The average molecular weight is 201 g/mol. The lowest BCUT2D eigenvalue weighted by molar-refractivity contribution is -0.0959. The van der Waals surface area contributed by atoms with E-state index in [0.29, 0.717) is 13.0 Å². The van der Waals surface area contributed by atoms with E-state index in [1.807, 2.05) is 0 Å². The molecule has 0 radical (unpaired) electrons. The van der Waals surface area contributed by atoms with Gasteiger partial charge in [0.05, 0.1) is 18.3 Å². The summed E-state index contributed by atoms with van der Waals surface area (Å²) in [6.45, 7) is 5.55. The van der Waals surface area contributed by atoms with Gasteiger partial charge in [-0.15, -0.1) is 0 Å². The van der Waals surface area contributed by atoms with Crippen molar-refractivity contribution in [3.05, 3.63) is 0 Å². The van der Waals surface area contributed by atoms with Gasteiger partial charge in [-0.05, 0) is 20.8 Å². The molecule has 0 saturated carbocycles. The van der Waals surface area contributed by atoms with Crippen molar-refractivity contribution in [3.63, 3.8) is 0 Å². The summed E-state index contributed by atoms with van der Waals surface area (Å²) in [7, 11) is 1.58. The van der Waals surface area contributed by atoms with E-state index in [4.69, 9.17) is 14.7 Å². The fourth-order valence-electron chi connectivity index (χ4n) is 0.947. The molecule has 0 rings (SSSR count). The van der Waals surface area contributed by atoms with Crippen LogP contribution in [0.15, 0.2) is 0 Å². The Morgan fingerprint density at radius 1 is 1.50 bits per heavy atom. The SMILES string of the molecule is COCCC(C)(C#N)OC(C)C(C)O. The molecule has 0 fully saturated rings. The maximum Gasteiger partial charge on any atom is 0.154 e. The molecule has 4 heteroatoms. The first-order valence-electron chi connectivity index (χ1n) is 4.71. The quantitative estimate of drug-likeness (QED) is 0.698. The number of aliphatic hydroxyl groups excluding tert-OH is 1. The summed E-state index contributed by atoms with van der Waals surface area (Å²) in [5, 5.41) is 18.2. The third-order valence-electron chi connectivity index (χ3n) is 2.15. The van der Waals surface area contributed by atoms with Crippen LogP contribution in [0.3, 0.4) is 0 Å². The third kappa shape index (κ3) is 4.56. The summed E-state index contributed by atoms with van der Waals surface area (Å²) in [6.07, 6.45) is -0.432. The lowest BCUT2D eigenvalue weighted by atomic mass is 10.0. The second-order valence-corrected chi connectivity index (χ2v) is 3.65. The first-order valence-corrected chi connectivity index (χ1v) is 4.71. The van der Waals surface area contributed by atoms with Crippen LogP contribution < -0.4 is 0 Å². The largest absolute Gasteiger partial charge is 0.391 e. The van der Waals surface area contributed by atoms with E-state index in [2.05, 4.69) is 6.07 Å². The molecule has 0 spiro atoms. The first kappa shape index (κ1) is 13.4. The first-order chi connectivity index (χ1) is 6.45. The van der Waals surface area contributed by atoms with Crippen LogP contribution in [0.1, 0.15) is 27.2 Å². The van der Waals surface area contributed by atoms with Gasteiger partial charge >= 0.3 is 0 Å². The minimum Gasteiger partial charge on any atom is -0.391 e. The van der Waals surface area contributed by atoms with Crippen molar-refractivity contribution in [1.29, 1.82) is 5.26 Å². The fourth-order valence-corrected chi connectivity index (χ4v) is 0.947. The second kappa shape index (κ2) is 5.97. The van der Waals surface area contributed by atoms with Gasteiger partial charge in [-0.25, -0.2) is 0 Å². The van der Waals surface area contributed by atoms with Crippen molar-refractivity contribution in [1.82, 2.24) is 0 Å². The summed E-state index contributed by atoms with van der Waals surface area (Å²) >= 11 is 0. The number of hydrogen-bond acceptors (Lipinski definition) is 4. The van der Waals surface area contributed by atoms with Gasteiger partial charge in [0.1, 0.15) is 0 Å². The molecule has 82 valence electrons. The van der Waals surface area contributed by atoms with Crippen molar-refractivity contribution in [2.45, 2.75) is 45.0 Å². The van der Waals surface area contributed by atoms with Gasteiger partial charge in [-0.2, -0.15) is 5.26 Å². The fraction of sp³-hybridized carbons (Fsp3) is 0.900. The molecule has 1 N–H and O–H groups in total. The van der Waals surface area contributed by atoms with E-state index in [-0.39, 0.29) is 6.10 Å². The maximum absolute atomic E-state index is 9.24. The zero-order valence-electron chi connectivity index (χ0n) is 9.28. The van der Waals surface area contributed by atoms with Crippen LogP contribution in [0.5, 0.6) is 0 Å². The number of nitrogens with zero attached hydrogens (tertiary/aromatic N) is 1. The van der Waals surface area contributed by atoms with E-state index in [9.17, 15) is 5.11 Å². The standard InChI is InChI=1S/C10H19NO3/c1-8(12)9(2)14-10(3,7-11)5-6-13-4/h8-9,12H,5-6H2,1-4H3. The Morgan fingerprint density at radius 2 is 2.07 bits per heavy atom. The molecule has 0 aliphatic heterocycles. The third-order valence-corrected chi connectivity index (χ3v) is 2.15. The zero-order chi connectivity index (χ0) is 11.2. The lowest BCUT2D eigenvalue weighted by Crippen LogP contribution is -2.36. The van der Waals surface area contributed by atoms with Crippen LogP contribution in [0.4, 0.5) is 0 Å². The highest BCUT2D eigenvalue weighted by Gasteiger charge is 2.28. The van der Waals surface area contributed by atoms with E-state index >= 15 is 0 Å². The van der Waals surface area contributed by atoms with Crippen LogP contribution in [0, 0.1) is 11.3 Å². The zero-order valence-corrected chi connectivity index (χ0v) is 9.28. The predicted octanol–water partition coefficient (Wildman–Crippen LogP) is 1.09. The smallest absolute Gasteiger partial charge is 0.154 e. The molecular formula is C10H19NO3. The topological polar surface area (TPSA) is 62.5 Å². The number of hydrogen-bond donors (Lipinski definition) is 1. The van der Waals surface area contributed by atoms with Crippen LogP contribution in [-0.4, -0.2) is 36.6 Å². The molecule has 3 atom stereocenters. The van der Waals surface area contributed by atoms with Crippen molar-refractivity contribution in [3.8, 4) is 6.07 Å². The molecule has 3 unspecified atom stereocenters. The number of aliphatic hydroxyl groups is 1. The molecule has 4 nitrogen and oxygen atoms in total. The van der Waals surface area contributed by atoms with E-state index in [0.717, 1.165) is 0 Å². The van der Waals surface area contributed by atoms with Gasteiger partial charge < -0.3 is 14.6 Å². The predicted molar refractivity (Wildman–Crippen MR) is 52.7 cm³/mol. The number of rotatable bonds is 6. The summed E-state index contributed by atoms with van der Waals surface area (Å²) in [4.78, 5) is 0. The Labute approximate surface area is 85.4 Å². The highest BCUT2D eigenvalue weighted by atomic mass is 16.5. The van der Waals surface area contributed by atoms with Gasteiger partial charge in [0, 0.05) is 20.1 Å². The summed E-state index contributed by atoms with van der Waals surface area (Å²) in [5.74, 6) is 0.